The van der Waals surface area contributed by atoms with Crippen molar-refractivity contribution in [2.75, 3.05) is 4.90 Å². The van der Waals surface area contributed by atoms with Crippen LogP contribution in [0.15, 0.2) is 77.4 Å². The lowest BCUT2D eigenvalue weighted by molar-refractivity contribution is -0.674. The number of aromatic nitrogens is 1. The van der Waals surface area contributed by atoms with Gasteiger partial charge in [0.1, 0.15) is 6.54 Å². The summed E-state index contributed by atoms with van der Waals surface area (Å²) >= 11 is 0. The molecule has 0 aliphatic carbocycles. The third-order valence-electron chi connectivity index (χ3n) is 3.91. The van der Waals surface area contributed by atoms with E-state index in [0.717, 1.165) is 29.2 Å². The highest BCUT2D eigenvalue weighted by Gasteiger charge is 2.17. The zero-order chi connectivity index (χ0) is 17.6. The van der Waals surface area contributed by atoms with Gasteiger partial charge >= 0.3 is 5.89 Å². The van der Waals surface area contributed by atoms with E-state index in [1.807, 2.05) is 72.8 Å². The number of amides is 1. The van der Waals surface area contributed by atoms with Gasteiger partial charge in [-0.3, -0.25) is 9.69 Å². The van der Waals surface area contributed by atoms with Crippen LogP contribution in [0.25, 0.3) is 17.2 Å². The highest BCUT2D eigenvalue weighted by Crippen LogP contribution is 2.15. The first kappa shape index (κ1) is 16.7. The predicted molar refractivity (Wildman–Crippen MR) is 99.9 cm³/mol. The quantitative estimate of drug-likeness (QED) is 0.515. The second-order valence-electron chi connectivity index (χ2n) is 5.58. The van der Waals surface area contributed by atoms with Gasteiger partial charge in [0.05, 0.1) is 6.08 Å². The molecule has 1 amide bonds. The number of carbonyl (C=O) groups excluding carboxylic acids is 1. The summed E-state index contributed by atoms with van der Waals surface area (Å²) in [5.74, 6) is 0.741. The normalized spacial score (nSPS) is 11.6. The maximum absolute atomic E-state index is 11.9. The number of benzene rings is 2. The van der Waals surface area contributed by atoms with Gasteiger partial charge in [0.15, 0.2) is 0 Å². The summed E-state index contributed by atoms with van der Waals surface area (Å²) in [5, 5.41) is 0. The van der Waals surface area contributed by atoms with Crippen LogP contribution in [-0.2, 0) is 11.3 Å². The average molecular weight is 333 g/mol. The molecule has 3 aromatic rings. The van der Waals surface area contributed by atoms with E-state index in [2.05, 4.69) is 11.5 Å². The molecule has 0 aliphatic rings. The number of allylic oxidation sites excluding steroid dienone is 2. The maximum Gasteiger partial charge on any atom is 0.374 e. The first-order valence-electron chi connectivity index (χ1n) is 8.32. The van der Waals surface area contributed by atoms with Crippen molar-refractivity contribution in [3.63, 3.8) is 0 Å². The van der Waals surface area contributed by atoms with Gasteiger partial charge in [0.2, 0.25) is 11.5 Å². The molecule has 4 heteroatoms. The zero-order valence-electron chi connectivity index (χ0n) is 14.4. The molecule has 126 valence electrons. The summed E-state index contributed by atoms with van der Waals surface area (Å²) in [6, 6.07) is 17.5. The molecule has 0 bridgehead atoms. The smallest absolute Gasteiger partial charge is 0.374 e. The van der Waals surface area contributed by atoms with Crippen molar-refractivity contribution in [2.24, 2.45) is 0 Å². The minimum atomic E-state index is -0.0387. The number of para-hydroxylation sites is 3. The highest BCUT2D eigenvalue weighted by molar-refractivity contribution is 5.93. The first-order valence-corrected chi connectivity index (χ1v) is 8.32. The molecule has 25 heavy (non-hydrogen) atoms. The van der Waals surface area contributed by atoms with E-state index in [0.29, 0.717) is 0 Å². The lowest BCUT2D eigenvalue weighted by Crippen LogP contribution is -2.33. The third-order valence-corrected chi connectivity index (χ3v) is 3.91. The van der Waals surface area contributed by atoms with Crippen LogP contribution in [0, 0.1) is 0 Å². The molecule has 0 saturated heterocycles. The van der Waals surface area contributed by atoms with Crippen molar-refractivity contribution in [1.29, 1.82) is 0 Å². The molecular formula is C21H21N2O2+. The van der Waals surface area contributed by atoms with Crippen LogP contribution in [0.3, 0.4) is 0 Å². The number of carbonyl (C=O) groups is 1. The van der Waals surface area contributed by atoms with Gasteiger partial charge in [-0.2, -0.15) is 4.57 Å². The van der Waals surface area contributed by atoms with Crippen molar-refractivity contribution in [2.45, 2.75) is 20.4 Å². The fraction of sp³-hybridized carbons (Fsp3) is 0.143. The van der Waals surface area contributed by atoms with Gasteiger partial charge in [0.25, 0.3) is 5.52 Å². The Labute approximate surface area is 147 Å². The zero-order valence-corrected chi connectivity index (χ0v) is 14.4. The molecule has 2 aromatic carbocycles. The number of fused-ring (bicyclic) bond motifs is 1. The van der Waals surface area contributed by atoms with Crippen LogP contribution < -0.4 is 9.47 Å². The maximum atomic E-state index is 11.9. The number of oxazole rings is 1. The SMILES string of the molecule is CC[n+]1c(/C=C/C=C/N(C(C)=O)c2ccccc2)oc2ccccc21. The molecule has 0 spiro atoms. The molecule has 0 fully saturated rings. The van der Waals surface area contributed by atoms with Crippen LogP contribution in [0.1, 0.15) is 19.7 Å². The third kappa shape index (κ3) is 3.69. The molecule has 1 aromatic heterocycles. The van der Waals surface area contributed by atoms with Crippen LogP contribution in [0.5, 0.6) is 0 Å². The molecule has 0 atom stereocenters. The van der Waals surface area contributed by atoms with E-state index >= 15 is 0 Å². The van der Waals surface area contributed by atoms with Crippen LogP contribution in [0.4, 0.5) is 5.69 Å². The second-order valence-corrected chi connectivity index (χ2v) is 5.58. The van der Waals surface area contributed by atoms with Crippen LogP contribution >= 0.6 is 0 Å². The largest absolute Gasteiger partial charge is 0.398 e. The van der Waals surface area contributed by atoms with Crippen molar-refractivity contribution < 1.29 is 13.8 Å². The summed E-state index contributed by atoms with van der Waals surface area (Å²) < 4.78 is 8.00. The molecule has 0 aliphatic heterocycles. The molecule has 1 heterocycles. The summed E-state index contributed by atoms with van der Waals surface area (Å²) in [5.41, 5.74) is 2.78. The first-order chi connectivity index (χ1) is 12.2. The lowest BCUT2D eigenvalue weighted by atomic mass is 10.3. The van der Waals surface area contributed by atoms with E-state index in [1.54, 1.807) is 18.0 Å². The Morgan fingerprint density at radius 1 is 1.08 bits per heavy atom. The van der Waals surface area contributed by atoms with E-state index in [1.165, 1.54) is 0 Å². The molecular weight excluding hydrogens is 312 g/mol. The Balaban J connectivity index is 1.82. The van der Waals surface area contributed by atoms with Gasteiger partial charge in [-0.1, -0.05) is 36.4 Å². The van der Waals surface area contributed by atoms with Gasteiger partial charge in [-0.15, -0.1) is 0 Å². The Morgan fingerprint density at radius 2 is 1.80 bits per heavy atom. The van der Waals surface area contributed by atoms with Gasteiger partial charge < -0.3 is 4.42 Å². The standard InChI is InChI=1S/C21H21N2O2/c1-3-22-19-13-7-8-14-20(19)25-21(22)15-9-10-16-23(17(2)24)18-11-5-4-6-12-18/h4-16H,3H2,1-2H3/q+1. The summed E-state index contributed by atoms with van der Waals surface area (Å²) in [4.78, 5) is 13.5. The summed E-state index contributed by atoms with van der Waals surface area (Å²) in [6.45, 7) is 4.46. The van der Waals surface area contributed by atoms with E-state index in [4.69, 9.17) is 4.42 Å². The Kier molecular flexibility index (Phi) is 5.09. The van der Waals surface area contributed by atoms with Gasteiger partial charge in [0, 0.05) is 24.9 Å². The monoisotopic (exact) mass is 333 g/mol. The summed E-state index contributed by atoms with van der Waals surface area (Å²) in [7, 11) is 0. The van der Waals surface area contributed by atoms with E-state index in [-0.39, 0.29) is 5.91 Å². The fourth-order valence-corrected chi connectivity index (χ4v) is 2.74. The number of hydrogen-bond acceptors (Lipinski definition) is 2. The Bertz CT molecular complexity index is 923. The number of anilines is 1. The molecule has 0 unspecified atom stereocenters. The van der Waals surface area contributed by atoms with Gasteiger partial charge in [-0.05, 0) is 31.2 Å². The molecule has 3 rings (SSSR count). The second kappa shape index (κ2) is 7.62. The van der Waals surface area contributed by atoms with Crippen molar-refractivity contribution in [3.05, 3.63) is 78.8 Å². The summed E-state index contributed by atoms with van der Waals surface area (Å²) in [6.07, 6.45) is 7.38. The Morgan fingerprint density at radius 3 is 2.52 bits per heavy atom. The topological polar surface area (TPSA) is 37.3 Å². The van der Waals surface area contributed by atoms with Gasteiger partial charge in [-0.25, -0.2) is 0 Å². The lowest BCUT2D eigenvalue weighted by Gasteiger charge is -2.15. The van der Waals surface area contributed by atoms with E-state index in [9.17, 15) is 4.79 Å². The number of aryl methyl sites for hydroxylation is 1. The number of hydrogen-bond donors (Lipinski definition) is 0. The van der Waals surface area contributed by atoms with Crippen molar-refractivity contribution >= 4 is 28.8 Å². The minimum Gasteiger partial charge on any atom is -0.398 e. The number of nitrogens with zero attached hydrogens (tertiary/aromatic N) is 2. The number of rotatable bonds is 5. The Hall–Kier alpha value is -3.14. The van der Waals surface area contributed by atoms with Crippen molar-refractivity contribution in [1.82, 2.24) is 0 Å². The van der Waals surface area contributed by atoms with Crippen molar-refractivity contribution in [3.8, 4) is 0 Å². The molecule has 0 N–H and O–H groups in total. The fourth-order valence-electron chi connectivity index (χ4n) is 2.74. The van der Waals surface area contributed by atoms with Crippen LogP contribution in [-0.4, -0.2) is 5.91 Å². The molecule has 0 radical (unpaired) electrons. The molecule has 4 nitrogen and oxygen atoms in total. The predicted octanol–water partition coefficient (Wildman–Crippen LogP) is 4.32. The highest BCUT2D eigenvalue weighted by atomic mass is 16.3. The van der Waals surface area contributed by atoms with Crippen LogP contribution in [0.2, 0.25) is 0 Å². The van der Waals surface area contributed by atoms with E-state index < -0.39 is 0 Å². The average Bonchev–Trinajstić information content (AvgIpc) is 2.99. The molecule has 0 saturated carbocycles. The minimum absolute atomic E-state index is 0.0387.